The van der Waals surface area contributed by atoms with Crippen LogP contribution in [0.4, 0.5) is 11.6 Å². The van der Waals surface area contributed by atoms with Crippen LogP contribution in [0.2, 0.25) is 0 Å². The number of anilines is 2. The molecule has 164 valence electrons. The SMILES string of the molecule is COc1cc2c(cc1OC)CN(c1cc(N[C@@H](CO)C(C)C)nc(C(C)C)n1)CC2. The standard InChI is InChI=1S/C23H34N4O3/c1-14(2)18(13-28)24-21-11-22(26-23(25-21)15(3)4)27-8-7-16-9-19(29-5)20(30-6)10-17(16)12-27/h9-11,14-15,18,28H,7-8,12-13H2,1-6H3,(H,24,25,26)/t18-/m0/s1. The van der Waals surface area contributed by atoms with Gasteiger partial charge >= 0.3 is 0 Å². The van der Waals surface area contributed by atoms with Gasteiger partial charge in [0.25, 0.3) is 0 Å². The second kappa shape index (κ2) is 9.51. The highest BCUT2D eigenvalue weighted by atomic mass is 16.5. The number of aliphatic hydroxyl groups is 1. The van der Waals surface area contributed by atoms with Gasteiger partial charge in [-0.3, -0.25) is 0 Å². The number of ether oxygens (including phenoxy) is 2. The zero-order valence-corrected chi connectivity index (χ0v) is 18.9. The van der Waals surface area contributed by atoms with Gasteiger partial charge in [-0.15, -0.1) is 0 Å². The summed E-state index contributed by atoms with van der Waals surface area (Å²) in [7, 11) is 3.33. The van der Waals surface area contributed by atoms with Gasteiger partial charge < -0.3 is 24.8 Å². The van der Waals surface area contributed by atoms with E-state index in [4.69, 9.17) is 19.4 Å². The zero-order chi connectivity index (χ0) is 21.8. The first-order valence-electron chi connectivity index (χ1n) is 10.6. The van der Waals surface area contributed by atoms with E-state index in [-0.39, 0.29) is 18.6 Å². The van der Waals surface area contributed by atoms with Gasteiger partial charge in [-0.25, -0.2) is 9.97 Å². The van der Waals surface area contributed by atoms with Crippen molar-refractivity contribution in [1.82, 2.24) is 9.97 Å². The Morgan fingerprint density at radius 1 is 1.03 bits per heavy atom. The molecular formula is C23H34N4O3. The molecular weight excluding hydrogens is 380 g/mol. The average Bonchev–Trinajstić information content (AvgIpc) is 2.75. The molecule has 1 aliphatic rings. The molecule has 1 aromatic carbocycles. The number of benzene rings is 1. The van der Waals surface area contributed by atoms with Gasteiger partial charge in [-0.2, -0.15) is 0 Å². The van der Waals surface area contributed by atoms with Crippen molar-refractivity contribution in [3.8, 4) is 11.5 Å². The third-order valence-corrected chi connectivity index (χ3v) is 5.62. The molecule has 0 unspecified atom stereocenters. The Labute approximate surface area is 179 Å². The minimum absolute atomic E-state index is 0.0495. The van der Waals surface area contributed by atoms with E-state index in [1.807, 2.05) is 6.07 Å². The van der Waals surface area contributed by atoms with E-state index in [1.54, 1.807) is 14.2 Å². The molecule has 2 aromatic rings. The second-order valence-corrected chi connectivity index (χ2v) is 8.45. The Bertz CT molecular complexity index is 870. The summed E-state index contributed by atoms with van der Waals surface area (Å²) in [5.74, 6) is 4.47. The Balaban J connectivity index is 1.92. The molecule has 2 N–H and O–H groups in total. The molecule has 7 heteroatoms. The van der Waals surface area contributed by atoms with Crippen LogP contribution in [0.25, 0.3) is 0 Å². The lowest BCUT2D eigenvalue weighted by atomic mass is 9.98. The van der Waals surface area contributed by atoms with Crippen LogP contribution in [0.15, 0.2) is 18.2 Å². The maximum atomic E-state index is 9.72. The van der Waals surface area contributed by atoms with E-state index < -0.39 is 0 Å². The number of hydrogen-bond donors (Lipinski definition) is 2. The quantitative estimate of drug-likeness (QED) is 0.683. The molecule has 0 fully saturated rings. The van der Waals surface area contributed by atoms with Crippen LogP contribution in [0, 0.1) is 5.92 Å². The molecule has 1 aliphatic heterocycles. The highest BCUT2D eigenvalue weighted by Crippen LogP contribution is 2.34. The van der Waals surface area contributed by atoms with Crippen molar-refractivity contribution in [2.24, 2.45) is 5.92 Å². The number of rotatable bonds is 8. The minimum atomic E-state index is -0.0495. The molecule has 2 heterocycles. The topological polar surface area (TPSA) is 79.7 Å². The fourth-order valence-electron chi connectivity index (χ4n) is 3.64. The molecule has 7 nitrogen and oxygen atoms in total. The summed E-state index contributed by atoms with van der Waals surface area (Å²) in [6.45, 7) is 10.0. The van der Waals surface area contributed by atoms with Gasteiger partial charge in [0.1, 0.15) is 17.5 Å². The molecule has 0 aliphatic carbocycles. The van der Waals surface area contributed by atoms with Gasteiger partial charge in [0.05, 0.1) is 26.9 Å². The van der Waals surface area contributed by atoms with E-state index in [0.29, 0.717) is 5.92 Å². The van der Waals surface area contributed by atoms with Crippen LogP contribution in [0.5, 0.6) is 11.5 Å². The lowest BCUT2D eigenvalue weighted by molar-refractivity contribution is 0.249. The minimum Gasteiger partial charge on any atom is -0.493 e. The van der Waals surface area contributed by atoms with E-state index in [0.717, 1.165) is 48.5 Å². The molecule has 3 rings (SSSR count). The van der Waals surface area contributed by atoms with Crippen molar-refractivity contribution in [2.45, 2.75) is 52.6 Å². The monoisotopic (exact) mass is 414 g/mol. The summed E-state index contributed by atoms with van der Waals surface area (Å²) in [6, 6.07) is 6.08. The Morgan fingerprint density at radius 2 is 1.70 bits per heavy atom. The Hall–Kier alpha value is -2.54. The smallest absolute Gasteiger partial charge is 0.161 e. The first-order chi connectivity index (χ1) is 14.4. The molecule has 0 amide bonds. The number of aromatic nitrogens is 2. The average molecular weight is 415 g/mol. The summed E-state index contributed by atoms with van der Waals surface area (Å²) in [6.07, 6.45) is 0.907. The molecule has 1 atom stereocenters. The van der Waals surface area contributed by atoms with Crippen LogP contribution < -0.4 is 19.7 Å². The van der Waals surface area contributed by atoms with Crippen LogP contribution in [-0.2, 0) is 13.0 Å². The van der Waals surface area contributed by atoms with Crippen LogP contribution >= 0.6 is 0 Å². The van der Waals surface area contributed by atoms with Gasteiger partial charge in [0, 0.05) is 25.1 Å². The normalized spacial score (nSPS) is 14.6. The Kier molecular flexibility index (Phi) is 7.02. The van der Waals surface area contributed by atoms with Gasteiger partial charge in [-0.1, -0.05) is 27.7 Å². The third-order valence-electron chi connectivity index (χ3n) is 5.62. The molecule has 0 saturated heterocycles. The molecule has 0 spiro atoms. The molecule has 30 heavy (non-hydrogen) atoms. The maximum absolute atomic E-state index is 9.72. The predicted molar refractivity (Wildman–Crippen MR) is 120 cm³/mol. The fraction of sp³-hybridized carbons (Fsp3) is 0.565. The number of fused-ring (bicyclic) bond motifs is 1. The third kappa shape index (κ3) is 4.78. The highest BCUT2D eigenvalue weighted by Gasteiger charge is 2.22. The van der Waals surface area contributed by atoms with Crippen molar-refractivity contribution >= 4 is 11.6 Å². The summed E-state index contributed by atoms with van der Waals surface area (Å²) in [4.78, 5) is 11.8. The largest absolute Gasteiger partial charge is 0.493 e. The van der Waals surface area contributed by atoms with E-state index in [1.165, 1.54) is 11.1 Å². The van der Waals surface area contributed by atoms with Crippen molar-refractivity contribution in [1.29, 1.82) is 0 Å². The number of nitrogens with zero attached hydrogens (tertiary/aromatic N) is 3. The Morgan fingerprint density at radius 3 is 2.27 bits per heavy atom. The van der Waals surface area contributed by atoms with E-state index in [2.05, 4.69) is 50.0 Å². The van der Waals surface area contributed by atoms with Crippen molar-refractivity contribution in [2.75, 3.05) is 37.6 Å². The van der Waals surface area contributed by atoms with Crippen molar-refractivity contribution in [3.05, 3.63) is 35.2 Å². The highest BCUT2D eigenvalue weighted by molar-refractivity contribution is 5.55. The number of aliphatic hydroxyl groups excluding tert-OH is 1. The van der Waals surface area contributed by atoms with Gasteiger partial charge in [0.2, 0.25) is 0 Å². The molecule has 0 radical (unpaired) electrons. The lowest BCUT2D eigenvalue weighted by Gasteiger charge is -2.31. The summed E-state index contributed by atoms with van der Waals surface area (Å²) in [5.41, 5.74) is 2.49. The molecule has 1 aromatic heterocycles. The summed E-state index contributed by atoms with van der Waals surface area (Å²) < 4.78 is 10.9. The zero-order valence-electron chi connectivity index (χ0n) is 18.9. The van der Waals surface area contributed by atoms with Gasteiger partial charge in [0.15, 0.2) is 11.5 Å². The first kappa shape index (κ1) is 22.2. The van der Waals surface area contributed by atoms with Crippen molar-refractivity contribution in [3.63, 3.8) is 0 Å². The first-order valence-corrected chi connectivity index (χ1v) is 10.6. The van der Waals surface area contributed by atoms with Gasteiger partial charge in [-0.05, 0) is 35.6 Å². The summed E-state index contributed by atoms with van der Waals surface area (Å²) in [5, 5.41) is 13.1. The van der Waals surface area contributed by atoms with Crippen molar-refractivity contribution < 1.29 is 14.6 Å². The number of hydrogen-bond acceptors (Lipinski definition) is 7. The molecule has 0 bridgehead atoms. The predicted octanol–water partition coefficient (Wildman–Crippen LogP) is 3.61. The number of methoxy groups -OCH3 is 2. The van der Waals surface area contributed by atoms with Crippen LogP contribution in [0.3, 0.4) is 0 Å². The van der Waals surface area contributed by atoms with Crippen LogP contribution in [-0.4, -0.2) is 48.5 Å². The van der Waals surface area contributed by atoms with E-state index >= 15 is 0 Å². The summed E-state index contributed by atoms with van der Waals surface area (Å²) >= 11 is 0. The molecule has 0 saturated carbocycles. The fourth-order valence-corrected chi connectivity index (χ4v) is 3.64. The lowest BCUT2D eigenvalue weighted by Crippen LogP contribution is -2.33. The van der Waals surface area contributed by atoms with Crippen LogP contribution in [0.1, 0.15) is 50.6 Å². The second-order valence-electron chi connectivity index (χ2n) is 8.45. The van der Waals surface area contributed by atoms with E-state index in [9.17, 15) is 5.11 Å². The maximum Gasteiger partial charge on any atom is 0.161 e. The number of nitrogens with one attached hydrogen (secondary N) is 1.